The molecule has 0 fully saturated rings. The second-order valence-electron chi connectivity index (χ2n) is 7.72. The number of aryl methyl sites for hydroxylation is 1. The maximum absolute atomic E-state index is 12.5. The number of rotatable bonds is 13. The Balaban J connectivity index is 0.00000648. The third-order valence-corrected chi connectivity index (χ3v) is 4.71. The van der Waals surface area contributed by atoms with Gasteiger partial charge in [0.2, 0.25) is 11.8 Å². The number of nitrogens with one attached hydrogen (secondary N) is 3. The van der Waals surface area contributed by atoms with Gasteiger partial charge in [-0.25, -0.2) is 4.98 Å². The van der Waals surface area contributed by atoms with E-state index in [-0.39, 0.29) is 47.4 Å². The molecule has 0 bridgehead atoms. The molecule has 36 heavy (non-hydrogen) atoms. The van der Waals surface area contributed by atoms with Gasteiger partial charge < -0.3 is 25.8 Å². The van der Waals surface area contributed by atoms with Crippen LogP contribution in [0.5, 0.6) is 5.75 Å². The van der Waals surface area contributed by atoms with Gasteiger partial charge in [-0.2, -0.15) is 0 Å². The van der Waals surface area contributed by atoms with Crippen molar-refractivity contribution in [2.75, 3.05) is 18.4 Å². The van der Waals surface area contributed by atoms with Crippen molar-refractivity contribution in [1.29, 1.82) is 0 Å². The fourth-order valence-electron chi connectivity index (χ4n) is 3.13. The molecular weight excluding hydrogens is 492 g/mol. The van der Waals surface area contributed by atoms with E-state index in [0.29, 0.717) is 19.4 Å². The molecule has 0 saturated heterocycles. The van der Waals surface area contributed by atoms with E-state index >= 15 is 0 Å². The summed E-state index contributed by atoms with van der Waals surface area (Å²) in [7, 11) is 0. The summed E-state index contributed by atoms with van der Waals surface area (Å²) in [6.45, 7) is 2.17. The summed E-state index contributed by atoms with van der Waals surface area (Å²) in [6.07, 6.45) is -2.33. The fraction of sp³-hybridized carbons (Fsp3) is 0.391. The predicted molar refractivity (Wildman–Crippen MR) is 128 cm³/mol. The number of aliphatic carboxylic acids is 1. The van der Waals surface area contributed by atoms with Crippen LogP contribution in [-0.2, 0) is 14.4 Å². The van der Waals surface area contributed by atoms with Crippen molar-refractivity contribution in [2.24, 2.45) is 0 Å². The molecule has 9 nitrogen and oxygen atoms in total. The van der Waals surface area contributed by atoms with Gasteiger partial charge in [0.15, 0.2) is 0 Å². The number of hydrogen-bond donors (Lipinski definition) is 4. The van der Waals surface area contributed by atoms with Crippen LogP contribution in [-0.4, -0.2) is 76.9 Å². The van der Waals surface area contributed by atoms with Gasteiger partial charge in [-0.1, -0.05) is 12.1 Å². The number of benzene rings is 1. The summed E-state index contributed by atoms with van der Waals surface area (Å²) in [5.41, 5.74) is 1.19. The molecule has 0 saturated carbocycles. The van der Waals surface area contributed by atoms with Crippen LogP contribution < -0.4 is 20.7 Å². The van der Waals surface area contributed by atoms with E-state index in [4.69, 9.17) is 5.11 Å². The standard InChI is InChI=1S/C23H27F3N4O5.Na.H/c1-15-8-10-28-19(11-15)27-9-3-2-7-20(31)29-14-21(32)30-18(13-22(33)34)16-5-4-6-17(12-16)35-23(24,25)26;;/h4-6,8,10-12,18H,2-3,7,9,13-14H2,1H3,(H,27,28)(H,29,31)(H,30,32)(H,33,34);;. The molecule has 1 atom stereocenters. The summed E-state index contributed by atoms with van der Waals surface area (Å²) in [4.78, 5) is 39.6. The first kappa shape index (κ1) is 31.2. The molecule has 1 unspecified atom stereocenters. The van der Waals surface area contributed by atoms with E-state index in [1.165, 1.54) is 12.1 Å². The van der Waals surface area contributed by atoms with Gasteiger partial charge in [0, 0.05) is 19.2 Å². The van der Waals surface area contributed by atoms with Crippen molar-refractivity contribution in [3.63, 3.8) is 0 Å². The van der Waals surface area contributed by atoms with Crippen molar-refractivity contribution in [2.45, 2.75) is 45.0 Å². The third-order valence-electron chi connectivity index (χ3n) is 4.71. The van der Waals surface area contributed by atoms with Crippen LogP contribution in [0, 0.1) is 6.92 Å². The Kier molecular flexibility index (Phi) is 13.3. The zero-order chi connectivity index (χ0) is 25.8. The summed E-state index contributed by atoms with van der Waals surface area (Å²) >= 11 is 0. The van der Waals surface area contributed by atoms with Gasteiger partial charge >= 0.3 is 41.9 Å². The second-order valence-corrected chi connectivity index (χ2v) is 7.72. The van der Waals surface area contributed by atoms with Crippen LogP contribution in [0.1, 0.15) is 42.9 Å². The number of aromatic nitrogens is 1. The van der Waals surface area contributed by atoms with Crippen LogP contribution in [0.25, 0.3) is 0 Å². The predicted octanol–water partition coefficient (Wildman–Crippen LogP) is 2.67. The number of hydrogen-bond acceptors (Lipinski definition) is 6. The van der Waals surface area contributed by atoms with Gasteiger partial charge in [-0.05, 0) is 55.2 Å². The Bertz CT molecular complexity index is 1020. The molecule has 192 valence electrons. The molecule has 2 amide bonds. The number of unbranched alkanes of at least 4 members (excludes halogenated alkanes) is 1. The molecule has 1 aromatic heterocycles. The van der Waals surface area contributed by atoms with Gasteiger partial charge in [0.25, 0.3) is 0 Å². The molecular formula is C23H28F3N4NaO5. The van der Waals surface area contributed by atoms with Gasteiger partial charge in [0.1, 0.15) is 11.6 Å². The number of amides is 2. The fourth-order valence-corrected chi connectivity index (χ4v) is 3.13. The van der Waals surface area contributed by atoms with Crippen molar-refractivity contribution in [3.8, 4) is 5.75 Å². The van der Waals surface area contributed by atoms with E-state index in [1.54, 1.807) is 6.20 Å². The molecule has 2 rings (SSSR count). The average Bonchev–Trinajstić information content (AvgIpc) is 2.76. The normalized spacial score (nSPS) is 11.6. The van der Waals surface area contributed by atoms with Crippen molar-refractivity contribution < 1.29 is 37.4 Å². The SMILES string of the molecule is Cc1ccnc(NCCCCC(=O)NCC(=O)NC(CC(=O)O)c2cccc(OC(F)(F)F)c2)c1.[NaH]. The average molecular weight is 520 g/mol. The molecule has 0 spiro atoms. The van der Waals surface area contributed by atoms with Crippen molar-refractivity contribution in [1.82, 2.24) is 15.6 Å². The summed E-state index contributed by atoms with van der Waals surface area (Å²) in [5.74, 6) is -2.10. The summed E-state index contributed by atoms with van der Waals surface area (Å²) in [5, 5.41) is 17.1. The number of alkyl halides is 3. The number of nitrogens with zero attached hydrogens (tertiary/aromatic N) is 1. The van der Waals surface area contributed by atoms with E-state index in [1.807, 2.05) is 19.1 Å². The first-order chi connectivity index (χ1) is 16.5. The molecule has 0 aliphatic heterocycles. The Hall–Kier alpha value is -2.83. The molecule has 0 aliphatic rings. The Morgan fingerprint density at radius 1 is 1.11 bits per heavy atom. The zero-order valence-corrected chi connectivity index (χ0v) is 19.0. The zero-order valence-electron chi connectivity index (χ0n) is 19.0. The second kappa shape index (κ2) is 15.3. The van der Waals surface area contributed by atoms with Crippen molar-refractivity contribution >= 4 is 53.2 Å². The number of carbonyl (C=O) groups is 3. The van der Waals surface area contributed by atoms with Crippen LogP contribution in [0.4, 0.5) is 19.0 Å². The van der Waals surface area contributed by atoms with Crippen LogP contribution >= 0.6 is 0 Å². The summed E-state index contributed by atoms with van der Waals surface area (Å²) in [6, 6.07) is 7.36. The Labute approximate surface area is 228 Å². The molecule has 0 radical (unpaired) electrons. The number of pyridine rings is 1. The number of halogens is 3. The molecule has 13 heteroatoms. The summed E-state index contributed by atoms with van der Waals surface area (Å²) < 4.78 is 41.2. The molecule has 4 N–H and O–H groups in total. The van der Waals surface area contributed by atoms with E-state index < -0.39 is 43.0 Å². The molecule has 1 aromatic carbocycles. The number of carboxylic acid groups (broad SMARTS) is 1. The number of carboxylic acids is 1. The topological polar surface area (TPSA) is 130 Å². The molecule has 2 aromatic rings. The van der Waals surface area contributed by atoms with Gasteiger partial charge in [-0.15, -0.1) is 13.2 Å². The van der Waals surface area contributed by atoms with E-state index in [9.17, 15) is 27.6 Å². The number of ether oxygens (including phenoxy) is 1. The maximum atomic E-state index is 12.5. The minimum atomic E-state index is -4.91. The Morgan fingerprint density at radius 2 is 1.86 bits per heavy atom. The first-order valence-electron chi connectivity index (χ1n) is 10.8. The molecule has 1 heterocycles. The molecule has 0 aliphatic carbocycles. The van der Waals surface area contributed by atoms with Gasteiger partial charge in [-0.3, -0.25) is 14.4 Å². The van der Waals surface area contributed by atoms with Gasteiger partial charge in [0.05, 0.1) is 19.0 Å². The van der Waals surface area contributed by atoms with Crippen LogP contribution in [0.15, 0.2) is 42.6 Å². The quantitative estimate of drug-likeness (QED) is 0.236. The van der Waals surface area contributed by atoms with Crippen LogP contribution in [0.2, 0.25) is 0 Å². The monoisotopic (exact) mass is 520 g/mol. The van der Waals surface area contributed by atoms with Crippen molar-refractivity contribution in [3.05, 3.63) is 53.7 Å². The van der Waals surface area contributed by atoms with E-state index in [2.05, 4.69) is 25.7 Å². The number of anilines is 1. The first-order valence-corrected chi connectivity index (χ1v) is 10.8. The van der Waals surface area contributed by atoms with Crippen LogP contribution in [0.3, 0.4) is 0 Å². The Morgan fingerprint density at radius 3 is 2.53 bits per heavy atom. The minimum absolute atomic E-state index is 0. The number of carbonyl (C=O) groups excluding carboxylic acids is 2. The van der Waals surface area contributed by atoms with E-state index in [0.717, 1.165) is 23.5 Å². The third kappa shape index (κ3) is 12.8.